The number of nitrogens with zero attached hydrogens (tertiary/aromatic N) is 2. The van der Waals surface area contributed by atoms with E-state index in [1.165, 1.54) is 58.3 Å². The van der Waals surface area contributed by atoms with E-state index in [0.29, 0.717) is 11.6 Å². The molecular formula is C16H33N3. The van der Waals surface area contributed by atoms with Gasteiger partial charge in [-0.2, -0.15) is 0 Å². The van der Waals surface area contributed by atoms with Gasteiger partial charge in [-0.05, 0) is 52.0 Å². The maximum Gasteiger partial charge on any atom is 0.0356 e. The Morgan fingerprint density at radius 2 is 1.89 bits per heavy atom. The van der Waals surface area contributed by atoms with Crippen LogP contribution in [-0.4, -0.2) is 54.1 Å². The molecule has 0 aromatic rings. The molecule has 0 aromatic carbocycles. The highest BCUT2D eigenvalue weighted by Crippen LogP contribution is 2.34. The van der Waals surface area contributed by atoms with Crippen LogP contribution >= 0.6 is 0 Å². The van der Waals surface area contributed by atoms with Crippen LogP contribution in [0.4, 0.5) is 0 Å². The Bertz CT molecular complexity index is 269. The first-order chi connectivity index (χ1) is 9.11. The van der Waals surface area contributed by atoms with E-state index in [4.69, 9.17) is 5.73 Å². The zero-order valence-electron chi connectivity index (χ0n) is 13.2. The molecule has 2 heterocycles. The van der Waals surface area contributed by atoms with Crippen molar-refractivity contribution in [2.75, 3.05) is 32.7 Å². The van der Waals surface area contributed by atoms with Crippen molar-refractivity contribution in [1.29, 1.82) is 0 Å². The average Bonchev–Trinajstić information content (AvgIpc) is 2.88. The zero-order chi connectivity index (χ0) is 13.9. The third kappa shape index (κ3) is 3.32. The Hall–Kier alpha value is -0.120. The van der Waals surface area contributed by atoms with Crippen molar-refractivity contribution in [1.82, 2.24) is 9.80 Å². The van der Waals surface area contributed by atoms with Gasteiger partial charge < -0.3 is 10.6 Å². The molecule has 0 aromatic heterocycles. The molecule has 0 bridgehead atoms. The lowest BCUT2D eigenvalue weighted by molar-refractivity contribution is 0.0305. The van der Waals surface area contributed by atoms with Gasteiger partial charge >= 0.3 is 0 Å². The van der Waals surface area contributed by atoms with Gasteiger partial charge in [0.2, 0.25) is 0 Å². The van der Waals surface area contributed by atoms with Gasteiger partial charge in [0.1, 0.15) is 0 Å². The molecule has 3 nitrogen and oxygen atoms in total. The molecule has 1 atom stereocenters. The normalized spacial score (nSPS) is 29.2. The molecule has 19 heavy (non-hydrogen) atoms. The van der Waals surface area contributed by atoms with Gasteiger partial charge in [-0.3, -0.25) is 4.90 Å². The van der Waals surface area contributed by atoms with E-state index in [-0.39, 0.29) is 0 Å². The standard InChI is InChI=1S/C16H33N3/c1-4-5-15-6-9-19(12-15)16(13-17)7-10-18(11-8-16)14(2)3/h14-15H,4-13,17H2,1-3H3. The van der Waals surface area contributed by atoms with Crippen molar-refractivity contribution in [2.45, 2.75) is 64.5 Å². The zero-order valence-corrected chi connectivity index (χ0v) is 13.2. The highest BCUT2D eigenvalue weighted by atomic mass is 15.3. The summed E-state index contributed by atoms with van der Waals surface area (Å²) in [6.45, 7) is 12.8. The van der Waals surface area contributed by atoms with E-state index in [0.717, 1.165) is 12.5 Å². The second-order valence-electron chi connectivity index (χ2n) is 6.95. The molecule has 0 amide bonds. The Kier molecular flexibility index (Phi) is 5.27. The smallest absolute Gasteiger partial charge is 0.0356 e. The van der Waals surface area contributed by atoms with Gasteiger partial charge in [-0.1, -0.05) is 13.3 Å². The fourth-order valence-corrected chi connectivity index (χ4v) is 4.01. The van der Waals surface area contributed by atoms with Crippen molar-refractivity contribution in [3.05, 3.63) is 0 Å². The third-order valence-electron chi connectivity index (χ3n) is 5.49. The van der Waals surface area contributed by atoms with Gasteiger partial charge in [0.15, 0.2) is 0 Å². The van der Waals surface area contributed by atoms with Crippen molar-refractivity contribution < 1.29 is 0 Å². The van der Waals surface area contributed by atoms with E-state index < -0.39 is 0 Å². The summed E-state index contributed by atoms with van der Waals surface area (Å²) in [7, 11) is 0. The molecule has 112 valence electrons. The summed E-state index contributed by atoms with van der Waals surface area (Å²) in [5.41, 5.74) is 6.51. The summed E-state index contributed by atoms with van der Waals surface area (Å²) < 4.78 is 0. The number of rotatable bonds is 5. The first-order valence-corrected chi connectivity index (χ1v) is 8.30. The lowest BCUT2D eigenvalue weighted by Gasteiger charge is -2.48. The Morgan fingerprint density at radius 1 is 1.21 bits per heavy atom. The summed E-state index contributed by atoms with van der Waals surface area (Å²) in [5.74, 6) is 0.927. The van der Waals surface area contributed by atoms with E-state index >= 15 is 0 Å². The van der Waals surface area contributed by atoms with Crippen LogP contribution in [0.15, 0.2) is 0 Å². The van der Waals surface area contributed by atoms with Crippen LogP contribution in [0, 0.1) is 5.92 Å². The minimum absolute atomic E-state index is 0.313. The second kappa shape index (κ2) is 6.55. The minimum atomic E-state index is 0.313. The predicted octanol–water partition coefficient (Wildman–Crippen LogP) is 2.31. The maximum atomic E-state index is 6.20. The highest BCUT2D eigenvalue weighted by molar-refractivity contribution is 4.99. The summed E-state index contributed by atoms with van der Waals surface area (Å²) >= 11 is 0. The summed E-state index contributed by atoms with van der Waals surface area (Å²) in [6, 6.07) is 0.683. The summed E-state index contributed by atoms with van der Waals surface area (Å²) in [4.78, 5) is 5.35. The van der Waals surface area contributed by atoms with Crippen LogP contribution in [0.3, 0.4) is 0 Å². The molecular weight excluding hydrogens is 234 g/mol. The van der Waals surface area contributed by atoms with Crippen LogP contribution < -0.4 is 5.73 Å². The van der Waals surface area contributed by atoms with Crippen LogP contribution in [0.25, 0.3) is 0 Å². The first kappa shape index (κ1) is 15.3. The molecule has 1 unspecified atom stereocenters. The molecule has 0 aliphatic carbocycles. The lowest BCUT2D eigenvalue weighted by Crippen LogP contribution is -2.59. The minimum Gasteiger partial charge on any atom is -0.329 e. The molecule has 2 aliphatic heterocycles. The molecule has 0 saturated carbocycles. The predicted molar refractivity (Wildman–Crippen MR) is 82.3 cm³/mol. The van der Waals surface area contributed by atoms with E-state index in [1.807, 2.05) is 0 Å². The van der Waals surface area contributed by atoms with Gasteiger partial charge in [-0.25, -0.2) is 0 Å². The number of hydrogen-bond donors (Lipinski definition) is 1. The van der Waals surface area contributed by atoms with E-state index in [1.54, 1.807) is 0 Å². The maximum absolute atomic E-state index is 6.20. The van der Waals surface area contributed by atoms with Gasteiger partial charge in [0.05, 0.1) is 0 Å². The van der Waals surface area contributed by atoms with Crippen molar-refractivity contribution >= 4 is 0 Å². The van der Waals surface area contributed by atoms with Crippen molar-refractivity contribution in [3.8, 4) is 0 Å². The molecule has 2 N–H and O–H groups in total. The number of hydrogen-bond acceptors (Lipinski definition) is 3. The highest BCUT2D eigenvalue weighted by Gasteiger charge is 2.41. The first-order valence-electron chi connectivity index (χ1n) is 8.30. The van der Waals surface area contributed by atoms with Crippen LogP contribution in [0.5, 0.6) is 0 Å². The molecule has 2 saturated heterocycles. The topological polar surface area (TPSA) is 32.5 Å². The fourth-order valence-electron chi connectivity index (χ4n) is 4.01. The number of likely N-dealkylation sites (tertiary alicyclic amines) is 2. The average molecular weight is 267 g/mol. The SMILES string of the molecule is CCCC1CCN(C2(CN)CCN(C(C)C)CC2)C1. The van der Waals surface area contributed by atoms with Gasteiger partial charge in [0, 0.05) is 37.8 Å². The molecule has 2 fully saturated rings. The number of piperidine rings is 1. The Morgan fingerprint density at radius 3 is 2.42 bits per heavy atom. The molecule has 3 heteroatoms. The monoisotopic (exact) mass is 267 g/mol. The number of nitrogens with two attached hydrogens (primary N) is 1. The Labute approximate surface area is 119 Å². The van der Waals surface area contributed by atoms with Crippen LogP contribution in [0.1, 0.15) is 52.9 Å². The van der Waals surface area contributed by atoms with Crippen LogP contribution in [-0.2, 0) is 0 Å². The molecule has 2 aliphatic rings. The van der Waals surface area contributed by atoms with Crippen molar-refractivity contribution in [3.63, 3.8) is 0 Å². The van der Waals surface area contributed by atoms with Gasteiger partial charge in [0.25, 0.3) is 0 Å². The largest absolute Gasteiger partial charge is 0.329 e. The summed E-state index contributed by atoms with van der Waals surface area (Å²) in [6.07, 6.45) is 6.65. The summed E-state index contributed by atoms with van der Waals surface area (Å²) in [5, 5.41) is 0. The molecule has 0 spiro atoms. The molecule has 2 rings (SSSR count). The van der Waals surface area contributed by atoms with E-state index in [2.05, 4.69) is 30.6 Å². The second-order valence-corrected chi connectivity index (χ2v) is 6.95. The van der Waals surface area contributed by atoms with E-state index in [9.17, 15) is 0 Å². The van der Waals surface area contributed by atoms with Crippen LogP contribution in [0.2, 0.25) is 0 Å². The molecule has 0 radical (unpaired) electrons. The lowest BCUT2D eigenvalue weighted by atomic mass is 9.85. The third-order valence-corrected chi connectivity index (χ3v) is 5.49. The van der Waals surface area contributed by atoms with Crippen molar-refractivity contribution in [2.24, 2.45) is 11.7 Å². The van der Waals surface area contributed by atoms with Gasteiger partial charge in [-0.15, -0.1) is 0 Å². The fraction of sp³-hybridized carbons (Fsp3) is 1.00. The quantitative estimate of drug-likeness (QED) is 0.829. The Balaban J connectivity index is 1.93.